The van der Waals surface area contributed by atoms with Crippen molar-refractivity contribution in [3.8, 4) is 5.75 Å². The number of rotatable bonds is 5. The topological polar surface area (TPSA) is 66.0 Å². The van der Waals surface area contributed by atoms with Crippen LogP contribution in [-0.2, 0) is 4.79 Å². The minimum atomic E-state index is -4.73. The summed E-state index contributed by atoms with van der Waals surface area (Å²) >= 11 is 0. The average molecular weight is 528 g/mol. The summed E-state index contributed by atoms with van der Waals surface area (Å²) in [6.45, 7) is 5.80. The average Bonchev–Trinajstić information content (AvgIpc) is 3.28. The third-order valence-electron chi connectivity index (χ3n) is 4.12. The van der Waals surface area contributed by atoms with Crippen LogP contribution in [0.25, 0.3) is 0 Å². The number of halogens is 4. The Balaban J connectivity index is 0.00000420. The van der Waals surface area contributed by atoms with Gasteiger partial charge in [0.15, 0.2) is 5.96 Å². The summed E-state index contributed by atoms with van der Waals surface area (Å²) in [6.07, 6.45) is -4.08. The van der Waals surface area contributed by atoms with Crippen LogP contribution < -0.4 is 15.4 Å². The normalized spacial score (nSPS) is 19.1. The summed E-state index contributed by atoms with van der Waals surface area (Å²) in [7, 11) is 3.33. The predicted octanol–water partition coefficient (Wildman–Crippen LogP) is 3.48. The van der Waals surface area contributed by atoms with E-state index < -0.39 is 6.36 Å². The number of aliphatic imine (C=N–C) groups is 1. The summed E-state index contributed by atoms with van der Waals surface area (Å²) < 4.78 is 42.0. The van der Waals surface area contributed by atoms with Crippen molar-refractivity contribution in [2.75, 3.05) is 20.6 Å². The maximum Gasteiger partial charge on any atom is 0.573 e. The largest absolute Gasteiger partial charge is 0.573 e. The van der Waals surface area contributed by atoms with Crippen LogP contribution in [-0.4, -0.2) is 55.3 Å². The maximum atomic E-state index is 12.6. The zero-order valence-corrected chi connectivity index (χ0v) is 19.5. The Morgan fingerprint density at radius 2 is 1.90 bits per heavy atom. The van der Waals surface area contributed by atoms with Crippen LogP contribution in [0.5, 0.6) is 5.75 Å². The fourth-order valence-electron chi connectivity index (χ4n) is 2.96. The number of amides is 1. The maximum absolute atomic E-state index is 12.6. The number of alkyl halides is 3. The highest BCUT2D eigenvalue weighted by atomic mass is 127. The Labute approximate surface area is 186 Å². The predicted molar refractivity (Wildman–Crippen MR) is 117 cm³/mol. The van der Waals surface area contributed by atoms with Gasteiger partial charge in [0.2, 0.25) is 5.91 Å². The van der Waals surface area contributed by atoms with E-state index in [0.29, 0.717) is 17.9 Å². The molecule has 10 heteroatoms. The van der Waals surface area contributed by atoms with Gasteiger partial charge in [-0.2, -0.15) is 0 Å². The monoisotopic (exact) mass is 528 g/mol. The fourth-order valence-corrected chi connectivity index (χ4v) is 2.96. The molecule has 1 saturated carbocycles. The molecule has 0 heterocycles. The molecule has 1 aromatic carbocycles. The first-order valence-electron chi connectivity index (χ1n) is 9.00. The highest BCUT2D eigenvalue weighted by molar-refractivity contribution is 14.0. The van der Waals surface area contributed by atoms with E-state index in [1.165, 1.54) is 12.1 Å². The van der Waals surface area contributed by atoms with Crippen LogP contribution in [0.15, 0.2) is 29.3 Å². The lowest BCUT2D eigenvalue weighted by molar-refractivity contribution is -0.274. The molecule has 6 nitrogen and oxygen atoms in total. The third kappa shape index (κ3) is 8.27. The van der Waals surface area contributed by atoms with Crippen molar-refractivity contribution >= 4 is 35.8 Å². The number of nitrogens with one attached hydrogen (secondary N) is 2. The van der Waals surface area contributed by atoms with Crippen molar-refractivity contribution in [1.29, 1.82) is 0 Å². The lowest BCUT2D eigenvalue weighted by Gasteiger charge is -2.25. The number of ether oxygens (including phenoxy) is 1. The van der Waals surface area contributed by atoms with Gasteiger partial charge in [-0.25, -0.2) is 0 Å². The first-order chi connectivity index (χ1) is 12.9. The van der Waals surface area contributed by atoms with Crippen molar-refractivity contribution in [2.24, 2.45) is 4.99 Å². The highest BCUT2D eigenvalue weighted by Crippen LogP contribution is 2.45. The molecule has 164 valence electrons. The Morgan fingerprint density at radius 3 is 2.45 bits per heavy atom. The van der Waals surface area contributed by atoms with Gasteiger partial charge in [-0.3, -0.25) is 9.79 Å². The van der Waals surface area contributed by atoms with Crippen LogP contribution in [0.4, 0.5) is 13.2 Å². The Bertz CT molecular complexity index is 735. The number of guanidine groups is 1. The van der Waals surface area contributed by atoms with Crippen molar-refractivity contribution in [3.63, 3.8) is 0 Å². The van der Waals surface area contributed by atoms with Gasteiger partial charge in [-0.05, 0) is 38.8 Å². The molecule has 0 saturated heterocycles. The summed E-state index contributed by atoms with van der Waals surface area (Å²) in [5.74, 6) is 0.0595. The molecule has 1 fully saturated rings. The van der Waals surface area contributed by atoms with E-state index in [0.717, 1.165) is 0 Å². The van der Waals surface area contributed by atoms with Gasteiger partial charge in [0, 0.05) is 31.6 Å². The van der Waals surface area contributed by atoms with E-state index in [1.807, 2.05) is 20.8 Å². The van der Waals surface area contributed by atoms with Gasteiger partial charge >= 0.3 is 6.36 Å². The molecule has 29 heavy (non-hydrogen) atoms. The number of carbonyl (C=O) groups is 1. The number of para-hydroxylation sites is 1. The van der Waals surface area contributed by atoms with E-state index >= 15 is 0 Å². The summed E-state index contributed by atoms with van der Waals surface area (Å²) in [6, 6.07) is 6.07. The van der Waals surface area contributed by atoms with Crippen molar-refractivity contribution in [1.82, 2.24) is 15.5 Å². The van der Waals surface area contributed by atoms with Crippen molar-refractivity contribution in [3.05, 3.63) is 29.8 Å². The molecule has 0 radical (unpaired) electrons. The molecule has 0 bridgehead atoms. The number of carbonyl (C=O) groups excluding carboxylic acids is 1. The standard InChI is InChI=1S/C19H27F3N4O2.HI/c1-18(2,3)25-16(27)11-26(5)17(23-4)24-14-10-13(14)12-8-6-7-9-15(12)28-19(20,21)22;/h6-9,13-14H,10-11H2,1-5H3,(H,23,24)(H,25,27);1H. The van der Waals surface area contributed by atoms with E-state index in [1.54, 1.807) is 31.1 Å². The van der Waals surface area contributed by atoms with Crippen LogP contribution in [0.3, 0.4) is 0 Å². The van der Waals surface area contributed by atoms with Gasteiger partial charge in [0.1, 0.15) is 5.75 Å². The molecule has 0 spiro atoms. The SMILES string of the molecule is CN=C(NC1CC1c1ccccc1OC(F)(F)F)N(C)CC(=O)NC(C)(C)C.I. The lowest BCUT2D eigenvalue weighted by atomic mass is 10.1. The second kappa shape index (κ2) is 9.86. The first kappa shape index (κ1) is 25.3. The van der Waals surface area contributed by atoms with Gasteiger partial charge in [0.25, 0.3) is 0 Å². The minimum Gasteiger partial charge on any atom is -0.405 e. The number of hydrogen-bond donors (Lipinski definition) is 2. The van der Waals surface area contributed by atoms with Gasteiger partial charge in [-0.15, -0.1) is 37.1 Å². The Hall–Kier alpha value is -1.72. The van der Waals surface area contributed by atoms with Crippen LogP contribution >= 0.6 is 24.0 Å². The summed E-state index contributed by atoms with van der Waals surface area (Å²) in [4.78, 5) is 17.9. The first-order valence-corrected chi connectivity index (χ1v) is 9.00. The number of benzene rings is 1. The van der Waals surface area contributed by atoms with Gasteiger partial charge < -0.3 is 20.3 Å². The Morgan fingerprint density at radius 1 is 1.28 bits per heavy atom. The molecular weight excluding hydrogens is 500 g/mol. The molecule has 1 aliphatic carbocycles. The number of nitrogens with zero attached hydrogens (tertiary/aromatic N) is 2. The second-order valence-corrected chi connectivity index (χ2v) is 7.88. The van der Waals surface area contributed by atoms with E-state index in [4.69, 9.17) is 0 Å². The van der Waals surface area contributed by atoms with Crippen LogP contribution in [0.1, 0.15) is 38.7 Å². The number of hydrogen-bond acceptors (Lipinski definition) is 3. The molecular formula is C19H28F3IN4O2. The van der Waals surface area contributed by atoms with Gasteiger partial charge in [-0.1, -0.05) is 18.2 Å². The van der Waals surface area contributed by atoms with Crippen LogP contribution in [0.2, 0.25) is 0 Å². The second-order valence-electron chi connectivity index (χ2n) is 7.88. The Kier molecular flexibility index (Phi) is 8.60. The third-order valence-corrected chi connectivity index (χ3v) is 4.12. The molecule has 2 N–H and O–H groups in total. The van der Waals surface area contributed by atoms with Crippen LogP contribution in [0, 0.1) is 0 Å². The van der Waals surface area contributed by atoms with Crippen molar-refractivity contribution < 1.29 is 22.7 Å². The van der Waals surface area contributed by atoms with Gasteiger partial charge in [0.05, 0.1) is 6.54 Å². The molecule has 0 aromatic heterocycles. The lowest BCUT2D eigenvalue weighted by Crippen LogP contribution is -2.49. The quantitative estimate of drug-likeness (QED) is 0.349. The molecule has 0 aliphatic heterocycles. The van der Waals surface area contributed by atoms with Crippen molar-refractivity contribution in [2.45, 2.75) is 51.1 Å². The molecule has 2 atom stereocenters. The zero-order chi connectivity index (χ0) is 21.1. The molecule has 1 aliphatic rings. The van der Waals surface area contributed by atoms with E-state index in [-0.39, 0.29) is 59.7 Å². The fraction of sp³-hybridized carbons (Fsp3) is 0.579. The smallest absolute Gasteiger partial charge is 0.405 e. The molecule has 2 unspecified atom stereocenters. The molecule has 1 aromatic rings. The highest BCUT2D eigenvalue weighted by Gasteiger charge is 2.42. The zero-order valence-electron chi connectivity index (χ0n) is 17.1. The summed E-state index contributed by atoms with van der Waals surface area (Å²) in [5.41, 5.74) is 0.166. The summed E-state index contributed by atoms with van der Waals surface area (Å²) in [5, 5.41) is 6.08. The van der Waals surface area contributed by atoms with E-state index in [2.05, 4.69) is 20.4 Å². The molecule has 1 amide bonds. The number of likely N-dealkylation sites (N-methyl/N-ethyl adjacent to an activating group) is 1. The molecule has 2 rings (SSSR count). The minimum absolute atomic E-state index is 0. The van der Waals surface area contributed by atoms with E-state index in [9.17, 15) is 18.0 Å².